The Morgan fingerprint density at radius 3 is 1.81 bits per heavy atom. The summed E-state index contributed by atoms with van der Waals surface area (Å²) in [5.74, 6) is 0.699. The number of imide groups is 1. The van der Waals surface area contributed by atoms with Crippen molar-refractivity contribution in [2.75, 3.05) is 34.5 Å². The fraction of sp³-hybridized carbons (Fsp3) is 0.421. The molecule has 7 unspecified atom stereocenters. The summed E-state index contributed by atoms with van der Waals surface area (Å²) in [5, 5.41) is 39.3. The number of ether oxygens (including phenoxy) is 10. The summed E-state index contributed by atoms with van der Waals surface area (Å²) in [6, 6.07) is 3.62. The van der Waals surface area contributed by atoms with Gasteiger partial charge in [0, 0.05) is 55.2 Å². The van der Waals surface area contributed by atoms with E-state index in [2.05, 4.69) is 12.2 Å². The Morgan fingerprint density at radius 2 is 1.25 bits per heavy atom. The van der Waals surface area contributed by atoms with Gasteiger partial charge in [0.25, 0.3) is 24.8 Å². The number of urea groups is 2. The van der Waals surface area contributed by atoms with Crippen molar-refractivity contribution in [3.8, 4) is 34.5 Å². The molecule has 8 aliphatic heterocycles. The number of nitrogens with two attached hydrogens (primary N) is 1. The summed E-state index contributed by atoms with van der Waals surface area (Å²) >= 11 is 0. The van der Waals surface area contributed by atoms with E-state index in [1.807, 2.05) is 22.8 Å². The number of allylic oxidation sites excluding steroid dienone is 1. The number of hydrogen-bond acceptors (Lipinski definition) is 28. The number of aliphatic hydroxyl groups is 3. The molecule has 0 radical (unpaired) electrons. The van der Waals surface area contributed by atoms with Crippen molar-refractivity contribution in [3.05, 3.63) is 148 Å². The average Bonchev–Trinajstić information content (AvgIpc) is 1.40. The highest BCUT2D eigenvalue weighted by molar-refractivity contribution is 6.08. The highest BCUT2D eigenvalue weighted by Gasteiger charge is 2.65. The minimum absolute atomic E-state index is 0.0386. The van der Waals surface area contributed by atoms with E-state index in [1.54, 1.807) is 43.9 Å². The minimum atomic E-state index is -1.55. The number of hydrogen-bond donors (Lipinski definition) is 7. The maximum Gasteiger partial charge on any atom is 0.351 e. The number of benzene rings is 3. The van der Waals surface area contributed by atoms with E-state index in [-0.39, 0.29) is 93.4 Å². The number of primary amides is 1. The van der Waals surface area contributed by atoms with Gasteiger partial charge in [-0.25, -0.2) is 28.8 Å². The van der Waals surface area contributed by atoms with Gasteiger partial charge in [0.15, 0.2) is 40.5 Å². The molecule has 5 amide bonds. The molecular weight excluding hydrogens is 1420 g/mol. The van der Waals surface area contributed by atoms with Crippen LogP contribution in [0.2, 0.25) is 0 Å². The molecule has 0 bridgehead atoms. The number of esters is 1. The minimum Gasteiger partial charge on any atom is -0.496 e. The Morgan fingerprint density at radius 1 is 0.685 bits per heavy atom. The van der Waals surface area contributed by atoms with Gasteiger partial charge in [-0.05, 0) is 116 Å². The number of cyclic esters (lactones) is 1. The smallest absolute Gasteiger partial charge is 0.351 e. The Labute approximate surface area is 609 Å². The van der Waals surface area contributed by atoms with Crippen LogP contribution in [-0.2, 0) is 63.0 Å². The lowest BCUT2D eigenvalue weighted by Crippen LogP contribution is -2.58. The van der Waals surface area contributed by atoms with Gasteiger partial charge in [0.2, 0.25) is 0 Å². The van der Waals surface area contributed by atoms with E-state index in [9.17, 15) is 72.9 Å². The number of carbonyl (C=O) groups is 9. The van der Waals surface area contributed by atoms with Crippen LogP contribution in [0.1, 0.15) is 141 Å². The normalized spacial score (nSPS) is 29.6. The summed E-state index contributed by atoms with van der Waals surface area (Å²) in [4.78, 5) is 141. The molecule has 1 saturated heterocycles. The van der Waals surface area contributed by atoms with Gasteiger partial charge >= 0.3 is 34.9 Å². The van der Waals surface area contributed by atoms with E-state index in [4.69, 9.17) is 66.4 Å². The first-order valence-electron chi connectivity index (χ1n) is 35.1. The number of nitrogens with one attached hydrogen (secondary N) is 3. The number of rotatable bonds is 7. The molecule has 3 aromatic carbocycles. The number of ketones is 4. The van der Waals surface area contributed by atoms with E-state index >= 15 is 0 Å². The zero-order valence-electron chi connectivity index (χ0n) is 58.2. The highest BCUT2D eigenvalue weighted by atomic mass is 16.7. The molecule has 3 saturated carbocycles. The van der Waals surface area contributed by atoms with Crippen molar-refractivity contribution in [2.24, 2.45) is 40.2 Å². The molecule has 6 aromatic rings. The zero-order chi connectivity index (χ0) is 75.9. The summed E-state index contributed by atoms with van der Waals surface area (Å²) in [6.07, 6.45) is 15.5. The fourth-order valence-electron chi connectivity index (χ4n) is 18.9. The number of aldehydes is 1. The fourth-order valence-corrected chi connectivity index (χ4v) is 18.9. The lowest BCUT2D eigenvalue weighted by molar-refractivity contribution is -0.157. The summed E-state index contributed by atoms with van der Waals surface area (Å²) in [7, 11) is 4.55. The monoisotopic (exact) mass is 1490 g/mol. The van der Waals surface area contributed by atoms with Crippen LogP contribution in [0.25, 0.3) is 32.9 Å². The molecule has 8 N–H and O–H groups in total. The lowest BCUT2D eigenvalue weighted by Gasteiger charge is -2.59. The molecule has 562 valence electrons. The maximum atomic E-state index is 12.4. The Balaban J connectivity index is 0.000000105. The summed E-state index contributed by atoms with van der Waals surface area (Å²) in [5.41, 5.74) is 6.19. The van der Waals surface area contributed by atoms with E-state index in [1.165, 1.54) is 26.6 Å². The number of aliphatic hydroxyl groups excluding tert-OH is 2. The first kappa shape index (κ1) is 70.7. The van der Waals surface area contributed by atoms with Gasteiger partial charge in [-0.1, -0.05) is 12.5 Å². The third-order valence-electron chi connectivity index (χ3n) is 23.5. The first-order chi connectivity index (χ1) is 51.9. The molecule has 108 heavy (non-hydrogen) atoms. The number of carbonyl (C=O) groups excluding carboxylic acids is 9. The average molecular weight is 1490 g/mol. The van der Waals surface area contributed by atoms with Crippen molar-refractivity contribution in [1.82, 2.24) is 16.0 Å². The van der Waals surface area contributed by atoms with E-state index in [0.717, 1.165) is 48.7 Å². The van der Waals surface area contributed by atoms with Crippen LogP contribution < -0.4 is 67.0 Å². The van der Waals surface area contributed by atoms with Gasteiger partial charge < -0.3 is 97.1 Å². The van der Waals surface area contributed by atoms with Crippen LogP contribution >= 0.6 is 0 Å². The molecule has 6 aliphatic carbocycles. The summed E-state index contributed by atoms with van der Waals surface area (Å²) < 4.78 is 71.0. The van der Waals surface area contributed by atoms with Crippen LogP contribution in [-0.4, -0.2) is 134 Å². The van der Waals surface area contributed by atoms with Gasteiger partial charge in [0.05, 0.1) is 97.5 Å². The van der Waals surface area contributed by atoms with Crippen molar-refractivity contribution in [3.63, 3.8) is 0 Å². The first-order valence-corrected chi connectivity index (χ1v) is 35.1. The second-order valence-electron chi connectivity index (χ2n) is 28.7. The second-order valence-corrected chi connectivity index (χ2v) is 28.7. The van der Waals surface area contributed by atoms with Crippen LogP contribution in [0.3, 0.4) is 0 Å². The molecule has 32 heteroatoms. The lowest BCUT2D eigenvalue weighted by atomic mass is 9.45. The third kappa shape index (κ3) is 10.8. The third-order valence-corrected chi connectivity index (χ3v) is 23.5. The van der Waals surface area contributed by atoms with Crippen LogP contribution in [0, 0.1) is 34.5 Å². The molecular formula is C76H70N4O28. The molecule has 11 heterocycles. The molecule has 20 rings (SSSR count). The van der Waals surface area contributed by atoms with Crippen LogP contribution in [0.15, 0.2) is 94.5 Å². The molecule has 32 nitrogen and oxygen atoms in total. The van der Waals surface area contributed by atoms with Crippen LogP contribution in [0.5, 0.6) is 34.5 Å². The van der Waals surface area contributed by atoms with Crippen molar-refractivity contribution < 1.29 is 119 Å². The number of aryl methyl sites for hydroxylation is 2. The Hall–Kier alpha value is -11.6. The largest absolute Gasteiger partial charge is 0.496 e. The van der Waals surface area contributed by atoms with Gasteiger partial charge in [-0.2, -0.15) is 0 Å². The Kier molecular flexibility index (Phi) is 17.3. The number of Topliss-reactive ketones (excluding diaryl/α,β-unsaturated/α-hetero) is 3. The topological polar surface area (TPSA) is 459 Å². The number of amides is 5. The van der Waals surface area contributed by atoms with Gasteiger partial charge in [-0.3, -0.25) is 29.3 Å². The van der Waals surface area contributed by atoms with Gasteiger partial charge in [0.1, 0.15) is 75.2 Å². The van der Waals surface area contributed by atoms with E-state index < -0.39 is 95.5 Å². The second kappa shape index (κ2) is 26.4. The van der Waals surface area contributed by atoms with Crippen LogP contribution in [0.4, 0.5) is 9.59 Å². The molecule has 0 spiro atoms. The van der Waals surface area contributed by atoms with Crippen molar-refractivity contribution >= 4 is 86.3 Å². The number of fused-ring (bicyclic) bond motifs is 26. The Bertz CT molecular complexity index is 5330. The zero-order valence-corrected chi connectivity index (χ0v) is 58.2. The molecule has 3 aromatic heterocycles. The van der Waals surface area contributed by atoms with E-state index in [0.29, 0.717) is 129 Å². The molecule has 14 atom stereocenters. The predicted octanol–water partition coefficient (Wildman–Crippen LogP) is 5.18. The van der Waals surface area contributed by atoms with Gasteiger partial charge in [-0.15, -0.1) is 0 Å². The van der Waals surface area contributed by atoms with Crippen molar-refractivity contribution in [2.45, 2.75) is 133 Å². The molecule has 14 aliphatic rings. The number of methoxy groups -OCH3 is 3. The maximum absolute atomic E-state index is 12.4. The quantitative estimate of drug-likeness (QED) is 0.0468. The summed E-state index contributed by atoms with van der Waals surface area (Å²) in [6.45, 7) is 1.85. The SMILES string of the molecule is COc1cc2c(c3oc(=O)c4c(c13)CCC4=O)C1(O)C=COC1O2.COc1cc2c(c3oc(=O)c4c(c13)CCC4=O)C1C=COC1O2.COc1cc2c(c3oc(=O)c4c(c13)CCOC4=O)C1C=COC1O2.C[C@]12CCC(=O)C=C1CC[C@@H]1[C@@H]2[C@@H](O)C[C@]2(C=O)[C@@H](C(=O)CO)CC[C@@H]12.NC(=O)NC1NC(=O)NC1=O. The molecule has 4 fully saturated rings. The van der Waals surface area contributed by atoms with Crippen molar-refractivity contribution in [1.29, 1.82) is 0 Å². The standard InChI is InChI=1S/C21H28O5.2C17H12O7.C17H12O6.C4H6N4O3/c1-20-7-6-13(24)8-12(20)2-3-14-15-4-5-16(18(26)10-22)21(15,11-23)9-17(25)19(14)20;1-20-9-6-10-12(8-3-5-22-17(8)23-10)14-11(9)7-2-4-21-15(18)13(7)16(19)24-14;1-21-9-6-10-13(17(20)4-5-22-16(17)23-10)14-12(9)7-2-3-8(18)11(7)15(19)24-14;1-20-10-6-11-14(8-4-5-21-17(8)22-11)15-13(10)7-2-3-9(18)12(7)16(19)23-15;5-3(10)6-1-2(9)8-4(11)7-1/h8,11,14-17,19,22,25H,2-7,9-10H2,1H3;3,5-6,8,17H,2,4H2,1H3;4-6,16,20H,2-3H2,1H3;4-6,8,17H,2-3H2,1H3;1H,(H3,5,6,10)(H2,7,8,9,11)/t14-,15-,16+,17-,19+,20-,21+;;;;/m0..../s1. The predicted molar refractivity (Wildman–Crippen MR) is 367 cm³/mol. The highest BCUT2D eigenvalue weighted by Crippen LogP contribution is 2.67.